The lowest BCUT2D eigenvalue weighted by Crippen LogP contribution is -2.39. The molecule has 1 nitrogen and oxygen atoms in total. The van der Waals surface area contributed by atoms with Gasteiger partial charge >= 0.3 is 0 Å². The van der Waals surface area contributed by atoms with Crippen molar-refractivity contribution in [2.45, 2.75) is 89.1 Å². The summed E-state index contributed by atoms with van der Waals surface area (Å²) in [6, 6.07) is 10.7. The van der Waals surface area contributed by atoms with E-state index in [1.165, 1.54) is 56.9 Å². The summed E-state index contributed by atoms with van der Waals surface area (Å²) in [5, 5.41) is 11.2. The number of benzene rings is 1. The summed E-state index contributed by atoms with van der Waals surface area (Å²) in [7, 11) is 0. The molecule has 2 unspecified atom stereocenters. The Morgan fingerprint density at radius 1 is 1.00 bits per heavy atom. The maximum atomic E-state index is 11.2. The number of rotatable bonds is 8. The molecule has 0 amide bonds. The second kappa shape index (κ2) is 8.58. The highest BCUT2D eigenvalue weighted by atomic mass is 16.3. The van der Waals surface area contributed by atoms with Crippen LogP contribution in [0.1, 0.15) is 89.0 Å². The third-order valence-electron chi connectivity index (χ3n) is 5.17. The maximum Gasteiger partial charge on any atom is 0.0716 e. The molecule has 0 heterocycles. The Hall–Kier alpha value is -0.820. The molecule has 0 aliphatic heterocycles. The Kier molecular flexibility index (Phi) is 6.76. The van der Waals surface area contributed by atoms with Crippen molar-refractivity contribution < 1.29 is 5.11 Å². The van der Waals surface area contributed by atoms with Gasteiger partial charge in [0.2, 0.25) is 0 Å². The third kappa shape index (κ3) is 4.85. The summed E-state index contributed by atoms with van der Waals surface area (Å²) in [6.45, 7) is 2.26. The van der Waals surface area contributed by atoms with E-state index >= 15 is 0 Å². The molecule has 2 atom stereocenters. The minimum atomic E-state index is -0.454. The topological polar surface area (TPSA) is 20.2 Å². The van der Waals surface area contributed by atoms with Gasteiger partial charge in [-0.05, 0) is 24.8 Å². The molecule has 0 radical (unpaired) electrons. The van der Waals surface area contributed by atoms with Crippen molar-refractivity contribution in [3.8, 4) is 0 Å². The first-order chi connectivity index (χ1) is 10.3. The second-order valence-corrected chi connectivity index (χ2v) is 6.83. The monoisotopic (exact) mass is 288 g/mol. The van der Waals surface area contributed by atoms with E-state index in [9.17, 15) is 5.11 Å². The van der Waals surface area contributed by atoms with Gasteiger partial charge in [-0.15, -0.1) is 0 Å². The van der Waals surface area contributed by atoms with E-state index in [0.29, 0.717) is 5.92 Å². The van der Waals surface area contributed by atoms with Crippen molar-refractivity contribution in [2.75, 3.05) is 0 Å². The zero-order chi connectivity index (χ0) is 15.0. The SMILES string of the molecule is CCCCCCCCC1(O)CCCCC1c1ccccc1. The Morgan fingerprint density at radius 3 is 2.48 bits per heavy atom. The summed E-state index contributed by atoms with van der Waals surface area (Å²) in [4.78, 5) is 0. The van der Waals surface area contributed by atoms with E-state index < -0.39 is 5.60 Å². The van der Waals surface area contributed by atoms with Gasteiger partial charge in [-0.3, -0.25) is 0 Å². The average molecular weight is 288 g/mol. The molecule has 0 aromatic heterocycles. The van der Waals surface area contributed by atoms with E-state index in [1.54, 1.807) is 0 Å². The number of hydrogen-bond acceptors (Lipinski definition) is 1. The van der Waals surface area contributed by atoms with Crippen molar-refractivity contribution in [3.63, 3.8) is 0 Å². The molecule has 21 heavy (non-hydrogen) atoms. The number of aliphatic hydroxyl groups is 1. The first kappa shape index (κ1) is 16.5. The van der Waals surface area contributed by atoms with Crippen molar-refractivity contribution in [1.29, 1.82) is 0 Å². The molecule has 2 rings (SSSR count). The van der Waals surface area contributed by atoms with E-state index in [0.717, 1.165) is 19.3 Å². The molecule has 1 aromatic rings. The van der Waals surface area contributed by atoms with Gasteiger partial charge in [-0.25, -0.2) is 0 Å². The molecule has 1 N–H and O–H groups in total. The lowest BCUT2D eigenvalue weighted by Gasteiger charge is -2.40. The van der Waals surface area contributed by atoms with Gasteiger partial charge in [-0.1, -0.05) is 88.6 Å². The van der Waals surface area contributed by atoms with Crippen molar-refractivity contribution in [2.24, 2.45) is 0 Å². The third-order valence-corrected chi connectivity index (χ3v) is 5.17. The summed E-state index contributed by atoms with van der Waals surface area (Å²) in [5.41, 5.74) is 0.885. The van der Waals surface area contributed by atoms with Crippen LogP contribution in [0.15, 0.2) is 30.3 Å². The number of hydrogen-bond donors (Lipinski definition) is 1. The van der Waals surface area contributed by atoms with Gasteiger partial charge in [0.25, 0.3) is 0 Å². The van der Waals surface area contributed by atoms with Crippen LogP contribution >= 0.6 is 0 Å². The summed E-state index contributed by atoms with van der Waals surface area (Å²) < 4.78 is 0. The predicted molar refractivity (Wildman–Crippen MR) is 90.6 cm³/mol. The lowest BCUT2D eigenvalue weighted by atomic mass is 9.70. The predicted octanol–water partition coefficient (Wildman–Crippen LogP) is 5.83. The van der Waals surface area contributed by atoms with Gasteiger partial charge in [-0.2, -0.15) is 0 Å². The molecule has 1 aliphatic carbocycles. The van der Waals surface area contributed by atoms with E-state index in [1.807, 2.05) is 0 Å². The lowest BCUT2D eigenvalue weighted by molar-refractivity contribution is -0.0264. The van der Waals surface area contributed by atoms with Gasteiger partial charge in [0.05, 0.1) is 5.60 Å². The molecule has 0 saturated heterocycles. The van der Waals surface area contributed by atoms with Crippen molar-refractivity contribution in [3.05, 3.63) is 35.9 Å². The highest BCUT2D eigenvalue weighted by Crippen LogP contribution is 2.43. The first-order valence-corrected chi connectivity index (χ1v) is 9.03. The summed E-state index contributed by atoms with van der Waals surface area (Å²) >= 11 is 0. The van der Waals surface area contributed by atoms with Crippen LogP contribution in [0.25, 0.3) is 0 Å². The molecule has 1 fully saturated rings. The number of unbranched alkanes of at least 4 members (excludes halogenated alkanes) is 5. The zero-order valence-electron chi connectivity index (χ0n) is 13.7. The summed E-state index contributed by atoms with van der Waals surface area (Å²) in [6.07, 6.45) is 13.4. The Balaban J connectivity index is 1.87. The highest BCUT2D eigenvalue weighted by Gasteiger charge is 2.38. The van der Waals surface area contributed by atoms with Crippen LogP contribution in [0.2, 0.25) is 0 Å². The van der Waals surface area contributed by atoms with E-state index in [-0.39, 0.29) is 0 Å². The van der Waals surface area contributed by atoms with E-state index in [2.05, 4.69) is 37.3 Å². The van der Waals surface area contributed by atoms with Crippen LogP contribution in [0.3, 0.4) is 0 Å². The Morgan fingerprint density at radius 2 is 1.71 bits per heavy atom. The van der Waals surface area contributed by atoms with Crippen LogP contribution in [-0.2, 0) is 0 Å². The van der Waals surface area contributed by atoms with Crippen LogP contribution in [0, 0.1) is 0 Å². The highest BCUT2D eigenvalue weighted by molar-refractivity contribution is 5.23. The van der Waals surface area contributed by atoms with Crippen LogP contribution in [0.4, 0.5) is 0 Å². The smallest absolute Gasteiger partial charge is 0.0716 e. The van der Waals surface area contributed by atoms with Crippen molar-refractivity contribution >= 4 is 0 Å². The second-order valence-electron chi connectivity index (χ2n) is 6.83. The molecule has 1 heteroatoms. The Labute approximate surface area is 130 Å². The Bertz CT molecular complexity index is 386. The largest absolute Gasteiger partial charge is 0.389 e. The van der Waals surface area contributed by atoms with Gasteiger partial charge in [0, 0.05) is 5.92 Å². The normalized spacial score (nSPS) is 25.9. The molecule has 1 aliphatic rings. The molecule has 0 spiro atoms. The fourth-order valence-corrected chi connectivity index (χ4v) is 3.90. The zero-order valence-corrected chi connectivity index (χ0v) is 13.7. The minimum absolute atomic E-state index is 0.350. The van der Waals surface area contributed by atoms with Crippen LogP contribution < -0.4 is 0 Å². The standard InChI is InChI=1S/C20H32O/c1-2-3-4-5-6-11-16-20(21)17-12-10-15-19(20)18-13-8-7-9-14-18/h7-9,13-14,19,21H,2-6,10-12,15-17H2,1H3. The maximum absolute atomic E-state index is 11.2. The fraction of sp³-hybridized carbons (Fsp3) is 0.700. The van der Waals surface area contributed by atoms with Crippen LogP contribution in [-0.4, -0.2) is 10.7 Å². The van der Waals surface area contributed by atoms with Gasteiger partial charge < -0.3 is 5.11 Å². The van der Waals surface area contributed by atoms with Crippen molar-refractivity contribution in [1.82, 2.24) is 0 Å². The molecule has 1 aromatic carbocycles. The van der Waals surface area contributed by atoms with Gasteiger partial charge in [0.15, 0.2) is 0 Å². The molecule has 0 bridgehead atoms. The van der Waals surface area contributed by atoms with Crippen LogP contribution in [0.5, 0.6) is 0 Å². The summed E-state index contributed by atoms with van der Waals surface area (Å²) in [5.74, 6) is 0.350. The van der Waals surface area contributed by atoms with Gasteiger partial charge in [0.1, 0.15) is 0 Å². The van der Waals surface area contributed by atoms with E-state index in [4.69, 9.17) is 0 Å². The molecular formula is C20H32O. The molecular weight excluding hydrogens is 256 g/mol. The minimum Gasteiger partial charge on any atom is -0.389 e. The first-order valence-electron chi connectivity index (χ1n) is 9.03. The molecule has 1 saturated carbocycles. The quantitative estimate of drug-likeness (QED) is 0.597. The molecule has 118 valence electrons. The average Bonchev–Trinajstić information content (AvgIpc) is 2.52. The fourth-order valence-electron chi connectivity index (χ4n) is 3.90.